The third kappa shape index (κ3) is 1.69. The van der Waals surface area contributed by atoms with E-state index in [4.69, 9.17) is 5.26 Å². The summed E-state index contributed by atoms with van der Waals surface area (Å²) in [7, 11) is -1.14. The summed E-state index contributed by atoms with van der Waals surface area (Å²) in [5, 5.41) is 8.61. The lowest BCUT2D eigenvalue weighted by Gasteiger charge is -1.99. The molecule has 1 atom stereocenters. The summed E-state index contributed by atoms with van der Waals surface area (Å²) < 4.78 is 11.1. The van der Waals surface area contributed by atoms with Crippen LogP contribution in [-0.2, 0) is 10.8 Å². The molecule has 3 nitrogen and oxygen atoms in total. The van der Waals surface area contributed by atoms with E-state index in [1.54, 1.807) is 12.3 Å². The molecule has 1 heterocycles. The number of hydrogen-bond acceptors (Lipinski definition) is 3. The molecular weight excluding hydrogens is 172 g/mol. The highest BCUT2D eigenvalue weighted by molar-refractivity contribution is 7.84. The predicted octanol–water partition coefficient (Wildman–Crippen LogP) is 0.999. The van der Waals surface area contributed by atoms with Gasteiger partial charge in [0.25, 0.3) is 0 Å². The van der Waals surface area contributed by atoms with Crippen molar-refractivity contribution in [2.24, 2.45) is 0 Å². The minimum atomic E-state index is -1.14. The molecule has 0 amide bonds. The van der Waals surface area contributed by atoms with Gasteiger partial charge in [0.2, 0.25) is 0 Å². The summed E-state index contributed by atoms with van der Waals surface area (Å²) in [5.74, 6) is 0. The van der Waals surface area contributed by atoms with Gasteiger partial charge in [0.05, 0.1) is 15.7 Å². The van der Waals surface area contributed by atoms with E-state index < -0.39 is 10.8 Å². The minimum absolute atomic E-state index is 0.251. The quantitative estimate of drug-likeness (QED) is 0.647. The number of nitrogens with zero attached hydrogens (tertiary/aromatic N) is 2. The summed E-state index contributed by atoms with van der Waals surface area (Å²) in [4.78, 5) is 4.38. The van der Waals surface area contributed by atoms with Crippen LogP contribution in [0, 0.1) is 18.3 Å². The fourth-order valence-corrected chi connectivity index (χ4v) is 1.57. The van der Waals surface area contributed by atoms with E-state index in [1.807, 2.05) is 13.0 Å². The molecule has 1 unspecified atom stereocenters. The van der Waals surface area contributed by atoms with Gasteiger partial charge in [0, 0.05) is 12.5 Å². The third-order valence-electron chi connectivity index (χ3n) is 1.41. The highest BCUT2D eigenvalue weighted by atomic mass is 32.2. The summed E-state index contributed by atoms with van der Waals surface area (Å²) in [6.45, 7) is 1.85. The molecule has 0 N–H and O–H groups in total. The Balaban J connectivity index is 3.34. The number of nitriles is 1. The van der Waals surface area contributed by atoms with Crippen LogP contribution in [0.3, 0.4) is 0 Å². The van der Waals surface area contributed by atoms with Crippen molar-refractivity contribution in [3.05, 3.63) is 23.5 Å². The number of aromatic nitrogens is 1. The Morgan fingerprint density at radius 2 is 2.33 bits per heavy atom. The van der Waals surface area contributed by atoms with Crippen LogP contribution in [0.4, 0.5) is 0 Å². The van der Waals surface area contributed by atoms with Gasteiger partial charge in [0.1, 0.15) is 6.07 Å². The second-order valence-corrected chi connectivity index (χ2v) is 3.77. The van der Waals surface area contributed by atoms with Crippen molar-refractivity contribution in [1.29, 1.82) is 5.26 Å². The van der Waals surface area contributed by atoms with Crippen molar-refractivity contribution in [3.8, 4) is 6.07 Å². The normalized spacial score (nSPS) is 12.1. The standard InChI is InChI=1S/C8H8N2OS/c1-6-3-8(12(2)11)7(4-9)10-5-6/h3,5H,1-2H3. The first-order chi connectivity index (χ1) is 5.65. The molecule has 4 heteroatoms. The Kier molecular flexibility index (Phi) is 2.56. The zero-order chi connectivity index (χ0) is 9.14. The van der Waals surface area contributed by atoms with Crippen molar-refractivity contribution in [2.45, 2.75) is 11.8 Å². The highest BCUT2D eigenvalue weighted by Crippen LogP contribution is 2.10. The molecule has 0 saturated carbocycles. The molecule has 0 bridgehead atoms. The summed E-state index contributed by atoms with van der Waals surface area (Å²) in [5.41, 5.74) is 1.17. The zero-order valence-electron chi connectivity index (χ0n) is 6.87. The fraction of sp³-hybridized carbons (Fsp3) is 0.250. The zero-order valence-corrected chi connectivity index (χ0v) is 7.68. The molecule has 0 aliphatic rings. The third-order valence-corrected chi connectivity index (χ3v) is 2.34. The predicted molar refractivity (Wildman–Crippen MR) is 46.0 cm³/mol. The second-order valence-electron chi connectivity index (χ2n) is 2.43. The number of aryl methyl sites for hydroxylation is 1. The largest absolute Gasteiger partial charge is 0.255 e. The first-order valence-corrected chi connectivity index (χ1v) is 4.91. The number of pyridine rings is 1. The smallest absolute Gasteiger partial charge is 0.156 e. The van der Waals surface area contributed by atoms with E-state index in [0.717, 1.165) is 5.56 Å². The van der Waals surface area contributed by atoms with Gasteiger partial charge in [-0.15, -0.1) is 0 Å². The maximum absolute atomic E-state index is 11.1. The van der Waals surface area contributed by atoms with Crippen LogP contribution in [0.5, 0.6) is 0 Å². The van der Waals surface area contributed by atoms with E-state index in [-0.39, 0.29) is 5.69 Å². The Morgan fingerprint density at radius 1 is 1.67 bits per heavy atom. The number of hydrogen-bond donors (Lipinski definition) is 0. The van der Waals surface area contributed by atoms with Gasteiger partial charge in [-0.05, 0) is 18.6 Å². The van der Waals surface area contributed by atoms with Crippen molar-refractivity contribution < 1.29 is 4.21 Å². The van der Waals surface area contributed by atoms with Crippen LogP contribution in [0.1, 0.15) is 11.3 Å². The van der Waals surface area contributed by atoms with Crippen LogP contribution < -0.4 is 0 Å². The van der Waals surface area contributed by atoms with Crippen LogP contribution in [-0.4, -0.2) is 15.4 Å². The molecule has 0 radical (unpaired) electrons. The first-order valence-electron chi connectivity index (χ1n) is 3.35. The SMILES string of the molecule is Cc1cnc(C#N)c(S(C)=O)c1. The van der Waals surface area contributed by atoms with Gasteiger partial charge < -0.3 is 0 Å². The maximum Gasteiger partial charge on any atom is 0.156 e. The van der Waals surface area contributed by atoms with E-state index in [9.17, 15) is 4.21 Å². The number of rotatable bonds is 1. The Hall–Kier alpha value is -1.21. The van der Waals surface area contributed by atoms with E-state index >= 15 is 0 Å². The summed E-state index contributed by atoms with van der Waals surface area (Å²) >= 11 is 0. The molecule has 1 aromatic heterocycles. The van der Waals surface area contributed by atoms with Gasteiger partial charge in [-0.3, -0.25) is 4.21 Å². The summed E-state index contributed by atoms with van der Waals surface area (Å²) in [6, 6.07) is 3.62. The Bertz CT molecular complexity index is 368. The second kappa shape index (κ2) is 3.46. The summed E-state index contributed by atoms with van der Waals surface area (Å²) in [6.07, 6.45) is 3.13. The topological polar surface area (TPSA) is 53.8 Å². The lowest BCUT2D eigenvalue weighted by atomic mass is 10.3. The Morgan fingerprint density at radius 3 is 2.83 bits per heavy atom. The molecule has 12 heavy (non-hydrogen) atoms. The van der Waals surface area contributed by atoms with E-state index in [1.165, 1.54) is 6.26 Å². The van der Waals surface area contributed by atoms with Gasteiger partial charge in [-0.25, -0.2) is 4.98 Å². The minimum Gasteiger partial charge on any atom is -0.255 e. The van der Waals surface area contributed by atoms with Crippen molar-refractivity contribution in [2.75, 3.05) is 6.26 Å². The van der Waals surface area contributed by atoms with Gasteiger partial charge >= 0.3 is 0 Å². The van der Waals surface area contributed by atoms with Crippen molar-refractivity contribution >= 4 is 10.8 Å². The Labute approximate surface area is 73.5 Å². The van der Waals surface area contributed by atoms with Crippen LogP contribution >= 0.6 is 0 Å². The molecule has 1 aromatic rings. The molecule has 0 spiro atoms. The molecule has 0 aliphatic heterocycles. The molecule has 0 saturated heterocycles. The average molecular weight is 180 g/mol. The molecule has 1 rings (SSSR count). The highest BCUT2D eigenvalue weighted by Gasteiger charge is 2.06. The van der Waals surface area contributed by atoms with Crippen molar-refractivity contribution in [1.82, 2.24) is 4.98 Å². The van der Waals surface area contributed by atoms with E-state index in [2.05, 4.69) is 4.98 Å². The average Bonchev–Trinajstić information content (AvgIpc) is 2.04. The first kappa shape index (κ1) is 8.88. The lowest BCUT2D eigenvalue weighted by molar-refractivity contribution is 0.686. The molecule has 0 aliphatic carbocycles. The fourth-order valence-electron chi connectivity index (χ4n) is 0.845. The molecule has 62 valence electrons. The van der Waals surface area contributed by atoms with E-state index in [0.29, 0.717) is 4.90 Å². The lowest BCUT2D eigenvalue weighted by Crippen LogP contribution is -1.96. The van der Waals surface area contributed by atoms with Crippen LogP contribution in [0.15, 0.2) is 17.2 Å². The van der Waals surface area contributed by atoms with Gasteiger partial charge in [-0.1, -0.05) is 0 Å². The van der Waals surface area contributed by atoms with Gasteiger partial charge in [0.15, 0.2) is 5.69 Å². The van der Waals surface area contributed by atoms with Gasteiger partial charge in [-0.2, -0.15) is 5.26 Å². The van der Waals surface area contributed by atoms with Crippen LogP contribution in [0.25, 0.3) is 0 Å². The molecule has 0 aromatic carbocycles. The van der Waals surface area contributed by atoms with Crippen LogP contribution in [0.2, 0.25) is 0 Å². The molecular formula is C8H8N2OS. The molecule has 0 fully saturated rings. The van der Waals surface area contributed by atoms with Crippen molar-refractivity contribution in [3.63, 3.8) is 0 Å². The maximum atomic E-state index is 11.1. The monoisotopic (exact) mass is 180 g/mol.